The van der Waals surface area contributed by atoms with Crippen LogP contribution in [0, 0.1) is 0 Å². The van der Waals surface area contributed by atoms with Gasteiger partial charge in [-0.25, -0.2) is 9.50 Å². The highest BCUT2D eigenvalue weighted by Gasteiger charge is 2.19. The first-order valence-electron chi connectivity index (χ1n) is 8.15. The van der Waals surface area contributed by atoms with Crippen LogP contribution in [0.4, 0.5) is 0 Å². The number of nitrogens with one attached hydrogen (secondary N) is 1. The number of benzene rings is 1. The van der Waals surface area contributed by atoms with Gasteiger partial charge in [0.05, 0.1) is 12.2 Å². The largest absolute Gasteiger partial charge is 0.337 e. The van der Waals surface area contributed by atoms with Crippen LogP contribution in [-0.2, 0) is 11.3 Å². The van der Waals surface area contributed by atoms with E-state index in [0.29, 0.717) is 24.3 Å². The highest BCUT2D eigenvalue weighted by molar-refractivity contribution is 5.77. The third kappa shape index (κ3) is 2.60. The molecule has 24 heavy (non-hydrogen) atoms. The Kier molecular flexibility index (Phi) is 3.65. The molecule has 6 nitrogen and oxygen atoms in total. The third-order valence-electron chi connectivity index (χ3n) is 4.41. The van der Waals surface area contributed by atoms with Crippen molar-refractivity contribution in [2.24, 2.45) is 0 Å². The molecule has 1 aromatic carbocycles. The van der Waals surface area contributed by atoms with Gasteiger partial charge in [0.25, 0.3) is 5.56 Å². The van der Waals surface area contributed by atoms with Crippen LogP contribution >= 0.6 is 0 Å². The van der Waals surface area contributed by atoms with Crippen LogP contribution in [0.5, 0.6) is 0 Å². The van der Waals surface area contributed by atoms with Gasteiger partial charge in [-0.05, 0) is 18.4 Å². The number of nitrogens with zero attached hydrogens (tertiary/aromatic N) is 3. The maximum atomic E-state index is 12.4. The summed E-state index contributed by atoms with van der Waals surface area (Å²) in [5.74, 6) is 0.139. The Morgan fingerprint density at radius 2 is 1.96 bits per heavy atom. The van der Waals surface area contributed by atoms with E-state index in [9.17, 15) is 9.59 Å². The second kappa shape index (κ2) is 5.96. The molecule has 0 bridgehead atoms. The molecule has 1 fully saturated rings. The summed E-state index contributed by atoms with van der Waals surface area (Å²) in [6, 6.07) is 11.3. The average Bonchev–Trinajstić information content (AvgIpc) is 3.02. The number of amides is 1. The second-order valence-corrected chi connectivity index (χ2v) is 6.07. The Morgan fingerprint density at radius 1 is 1.12 bits per heavy atom. The molecule has 122 valence electrons. The van der Waals surface area contributed by atoms with Gasteiger partial charge in [-0.15, -0.1) is 0 Å². The van der Waals surface area contributed by atoms with Crippen molar-refractivity contribution in [2.45, 2.75) is 25.8 Å². The number of aromatic nitrogens is 3. The number of hydrogen-bond acceptors (Lipinski definition) is 3. The molecule has 0 aliphatic carbocycles. The van der Waals surface area contributed by atoms with E-state index in [4.69, 9.17) is 0 Å². The van der Waals surface area contributed by atoms with E-state index in [-0.39, 0.29) is 11.5 Å². The number of piperidine rings is 1. The van der Waals surface area contributed by atoms with Crippen molar-refractivity contribution in [3.8, 4) is 11.1 Å². The summed E-state index contributed by atoms with van der Waals surface area (Å²) in [4.78, 5) is 30.8. The molecule has 3 aromatic rings. The maximum Gasteiger partial charge on any atom is 0.272 e. The molecule has 6 heteroatoms. The molecular weight excluding hydrogens is 304 g/mol. The molecule has 0 spiro atoms. The fraction of sp³-hybridized carbons (Fsp3) is 0.278. The third-order valence-corrected chi connectivity index (χ3v) is 4.41. The van der Waals surface area contributed by atoms with Gasteiger partial charge in [0.1, 0.15) is 0 Å². The highest BCUT2D eigenvalue weighted by atomic mass is 16.2. The lowest BCUT2D eigenvalue weighted by molar-refractivity contribution is -0.133. The summed E-state index contributed by atoms with van der Waals surface area (Å²) in [6.45, 7) is 1.13. The lowest BCUT2D eigenvalue weighted by Gasteiger charge is -2.26. The SMILES string of the molecule is O=C1CCCCN1Cc1cc(=O)n2[nH]cc(-c3ccccc3)c2n1. The molecule has 1 saturated heterocycles. The van der Waals surface area contributed by atoms with Gasteiger partial charge in [0, 0.05) is 30.8 Å². The quantitative estimate of drug-likeness (QED) is 0.803. The van der Waals surface area contributed by atoms with Crippen molar-refractivity contribution in [1.82, 2.24) is 19.5 Å². The minimum Gasteiger partial charge on any atom is -0.337 e. The van der Waals surface area contributed by atoms with E-state index in [2.05, 4.69) is 10.1 Å². The first-order chi connectivity index (χ1) is 11.7. The molecule has 3 heterocycles. The van der Waals surface area contributed by atoms with Crippen LogP contribution in [0.1, 0.15) is 25.0 Å². The molecular formula is C18H18N4O2. The van der Waals surface area contributed by atoms with Crippen LogP contribution in [0.3, 0.4) is 0 Å². The molecule has 1 aliphatic heterocycles. The van der Waals surface area contributed by atoms with Crippen molar-refractivity contribution in [2.75, 3.05) is 6.54 Å². The predicted molar refractivity (Wildman–Crippen MR) is 90.5 cm³/mol. The highest BCUT2D eigenvalue weighted by Crippen LogP contribution is 2.22. The average molecular weight is 322 g/mol. The maximum absolute atomic E-state index is 12.4. The van der Waals surface area contributed by atoms with Gasteiger partial charge in [0.2, 0.25) is 5.91 Å². The van der Waals surface area contributed by atoms with Crippen LogP contribution in [-0.4, -0.2) is 31.9 Å². The number of aromatic amines is 1. The molecule has 0 unspecified atom stereocenters. The molecule has 2 aromatic heterocycles. The van der Waals surface area contributed by atoms with Crippen molar-refractivity contribution < 1.29 is 4.79 Å². The van der Waals surface area contributed by atoms with Crippen LogP contribution < -0.4 is 5.56 Å². The zero-order valence-electron chi connectivity index (χ0n) is 13.2. The lowest BCUT2D eigenvalue weighted by atomic mass is 10.1. The Balaban J connectivity index is 1.75. The Morgan fingerprint density at radius 3 is 2.75 bits per heavy atom. The smallest absolute Gasteiger partial charge is 0.272 e. The topological polar surface area (TPSA) is 70.5 Å². The Labute approximate surface area is 138 Å². The Bertz CT molecular complexity index is 943. The van der Waals surface area contributed by atoms with Crippen molar-refractivity contribution in [3.63, 3.8) is 0 Å². The van der Waals surface area contributed by atoms with Crippen molar-refractivity contribution >= 4 is 11.6 Å². The number of rotatable bonds is 3. The van der Waals surface area contributed by atoms with Crippen molar-refractivity contribution in [3.05, 3.63) is 58.6 Å². The molecule has 1 N–H and O–H groups in total. The number of hydrogen-bond donors (Lipinski definition) is 1. The molecule has 4 rings (SSSR count). The minimum absolute atomic E-state index is 0.139. The van der Waals surface area contributed by atoms with E-state index in [1.165, 1.54) is 10.6 Å². The summed E-state index contributed by atoms with van der Waals surface area (Å²) in [5.41, 5.74) is 2.93. The standard InChI is InChI=1S/C18H18N4O2/c23-16-8-4-5-9-21(16)12-14-10-17(24)22-18(20-14)15(11-19-22)13-6-2-1-3-7-13/h1-3,6-7,10-11,19H,4-5,8-9,12H2. The first kappa shape index (κ1) is 14.7. The normalized spacial score (nSPS) is 15.2. The summed E-state index contributed by atoms with van der Waals surface area (Å²) >= 11 is 0. The van der Waals surface area contributed by atoms with Gasteiger partial charge in [-0.1, -0.05) is 30.3 Å². The minimum atomic E-state index is -0.165. The van der Waals surface area contributed by atoms with Crippen LogP contribution in [0.15, 0.2) is 47.4 Å². The summed E-state index contributed by atoms with van der Waals surface area (Å²) < 4.78 is 1.43. The first-order valence-corrected chi connectivity index (χ1v) is 8.15. The molecule has 0 atom stereocenters. The van der Waals surface area contributed by atoms with Crippen LogP contribution in [0.25, 0.3) is 16.8 Å². The summed E-state index contributed by atoms with van der Waals surface area (Å²) in [6.07, 6.45) is 4.32. The Hall–Kier alpha value is -2.89. The zero-order chi connectivity index (χ0) is 16.5. The lowest BCUT2D eigenvalue weighted by Crippen LogP contribution is -2.35. The molecule has 0 saturated carbocycles. The predicted octanol–water partition coefficient (Wildman–Crippen LogP) is 2.20. The number of likely N-dealkylation sites (tertiary alicyclic amines) is 1. The van der Waals surface area contributed by atoms with E-state index in [1.54, 1.807) is 11.1 Å². The molecule has 1 aliphatic rings. The van der Waals surface area contributed by atoms with Gasteiger partial charge in [-0.3, -0.25) is 14.7 Å². The molecule has 0 radical (unpaired) electrons. The fourth-order valence-electron chi connectivity index (χ4n) is 3.16. The number of fused-ring (bicyclic) bond motifs is 1. The van der Waals surface area contributed by atoms with Crippen LogP contribution in [0.2, 0.25) is 0 Å². The monoisotopic (exact) mass is 322 g/mol. The van der Waals surface area contributed by atoms with Gasteiger partial charge < -0.3 is 4.90 Å². The van der Waals surface area contributed by atoms with E-state index in [1.807, 2.05) is 30.3 Å². The van der Waals surface area contributed by atoms with Gasteiger partial charge in [-0.2, -0.15) is 0 Å². The molecule has 1 amide bonds. The summed E-state index contributed by atoms with van der Waals surface area (Å²) in [7, 11) is 0. The fourth-order valence-corrected chi connectivity index (χ4v) is 3.16. The van der Waals surface area contributed by atoms with E-state index < -0.39 is 0 Å². The summed E-state index contributed by atoms with van der Waals surface area (Å²) in [5, 5.41) is 2.96. The van der Waals surface area contributed by atoms with E-state index >= 15 is 0 Å². The zero-order valence-corrected chi connectivity index (χ0v) is 13.2. The second-order valence-electron chi connectivity index (χ2n) is 6.07. The number of carbonyl (C=O) groups excluding carboxylic acids is 1. The van der Waals surface area contributed by atoms with Gasteiger partial charge in [0.15, 0.2) is 5.65 Å². The van der Waals surface area contributed by atoms with Crippen molar-refractivity contribution in [1.29, 1.82) is 0 Å². The number of H-pyrrole nitrogens is 1. The number of carbonyl (C=O) groups is 1. The van der Waals surface area contributed by atoms with Gasteiger partial charge >= 0.3 is 0 Å². The van der Waals surface area contributed by atoms with E-state index in [0.717, 1.165) is 30.5 Å².